The summed E-state index contributed by atoms with van der Waals surface area (Å²) in [5.41, 5.74) is 4.94. The number of azo groups is 1. The van der Waals surface area contributed by atoms with Crippen LogP contribution in [0.3, 0.4) is 0 Å². The minimum Gasteiger partial charge on any atom is -0.369 e. The number of thiophene rings is 1. The quantitative estimate of drug-likeness (QED) is 0.240. The maximum Gasteiger partial charge on any atom is 0.291 e. The number of carbonyl (C=O) groups excluding carboxylic acids is 2. The van der Waals surface area contributed by atoms with Crippen LogP contribution in [0.15, 0.2) is 40.2 Å². The highest BCUT2D eigenvalue weighted by Gasteiger charge is 2.34. The molecule has 0 radical (unpaired) electrons. The Hall–Kier alpha value is -2.56. The lowest BCUT2D eigenvalue weighted by Gasteiger charge is -2.45. The maximum absolute atomic E-state index is 12.6. The lowest BCUT2D eigenvalue weighted by atomic mass is 9.80. The number of rotatable bonds is 5. The Morgan fingerprint density at radius 3 is 2.64 bits per heavy atom. The van der Waals surface area contributed by atoms with E-state index in [1.54, 1.807) is 11.3 Å². The molecule has 39 heavy (non-hydrogen) atoms. The van der Waals surface area contributed by atoms with Gasteiger partial charge in [0.1, 0.15) is 10.5 Å². The molecule has 1 saturated carbocycles. The lowest BCUT2D eigenvalue weighted by molar-refractivity contribution is -0.107. The number of hydrogen-bond donors (Lipinski definition) is 1. The number of aromatic nitrogens is 1. The van der Waals surface area contributed by atoms with Crippen LogP contribution >= 0.6 is 34.4 Å². The Bertz CT molecular complexity index is 1480. The topological polar surface area (TPSA) is 87.0 Å². The van der Waals surface area contributed by atoms with E-state index in [9.17, 15) is 9.59 Å². The Morgan fingerprint density at radius 1 is 1.13 bits per heavy atom. The number of nitrogens with one attached hydrogen (secondary N) is 1. The van der Waals surface area contributed by atoms with Crippen LogP contribution in [0.25, 0.3) is 15.1 Å². The minimum atomic E-state index is -0.290. The molecule has 1 aliphatic carbocycles. The number of thioether (sulfide) groups is 1. The van der Waals surface area contributed by atoms with Crippen LogP contribution in [0.2, 0.25) is 0 Å². The van der Waals surface area contributed by atoms with Gasteiger partial charge in [-0.05, 0) is 73.9 Å². The van der Waals surface area contributed by atoms with Crippen LogP contribution in [0.4, 0.5) is 21.3 Å². The molecule has 0 bridgehead atoms. The molecule has 204 valence electrons. The van der Waals surface area contributed by atoms with Crippen molar-refractivity contribution in [3.63, 3.8) is 0 Å². The van der Waals surface area contributed by atoms with Crippen molar-refractivity contribution < 1.29 is 9.59 Å². The second kappa shape index (κ2) is 10.4. The van der Waals surface area contributed by atoms with Gasteiger partial charge in [-0.15, -0.1) is 21.6 Å². The van der Waals surface area contributed by atoms with E-state index in [1.165, 1.54) is 54.7 Å². The van der Waals surface area contributed by atoms with Crippen molar-refractivity contribution in [3.8, 4) is 0 Å². The molecule has 10 heteroatoms. The fraction of sp³-hybridized carbons (Fsp3) is 0.483. The second-order valence-electron chi connectivity index (χ2n) is 11.6. The standard InChI is InChI=1S/C29H33N5O2S3/c1-16-15-29(2,3)34(4)21-11-10-18(13-19(16)21)32-33-27-31-25-23(38-27)14-22(37-25)20(12-17-8-6-5-7-9-17)24-26(35)39-28(36)30-24/h10-11,13-14,16-17H,5-9,12,15H2,1-4H3,(H,30,36)/b24-20+,33-32+. The summed E-state index contributed by atoms with van der Waals surface area (Å²) in [7, 11) is 2.16. The van der Waals surface area contributed by atoms with Crippen molar-refractivity contribution in [2.75, 3.05) is 11.9 Å². The number of hydrogen-bond acceptors (Lipinski definition) is 9. The average molecular weight is 580 g/mol. The van der Waals surface area contributed by atoms with Crippen molar-refractivity contribution in [2.24, 2.45) is 16.1 Å². The molecule has 3 aromatic rings. The second-order valence-corrected chi connectivity index (χ2v) is 14.5. The van der Waals surface area contributed by atoms with Crippen LogP contribution < -0.4 is 10.2 Å². The Kier molecular flexibility index (Phi) is 7.14. The predicted molar refractivity (Wildman–Crippen MR) is 163 cm³/mol. The summed E-state index contributed by atoms with van der Waals surface area (Å²) in [6, 6.07) is 8.42. The molecule has 0 spiro atoms. The summed E-state index contributed by atoms with van der Waals surface area (Å²) in [5, 5.41) is 12.0. The first-order chi connectivity index (χ1) is 18.7. The third-order valence-electron chi connectivity index (χ3n) is 8.38. The largest absolute Gasteiger partial charge is 0.369 e. The Balaban J connectivity index is 1.25. The first-order valence-electron chi connectivity index (χ1n) is 13.6. The number of benzene rings is 1. The van der Waals surface area contributed by atoms with Crippen LogP contribution in [0.5, 0.6) is 0 Å². The molecule has 6 rings (SSSR count). The van der Waals surface area contributed by atoms with Crippen molar-refractivity contribution in [2.45, 2.75) is 77.2 Å². The van der Waals surface area contributed by atoms with E-state index in [-0.39, 0.29) is 15.9 Å². The monoisotopic (exact) mass is 579 g/mol. The van der Waals surface area contributed by atoms with Gasteiger partial charge in [-0.2, -0.15) is 0 Å². The van der Waals surface area contributed by atoms with Gasteiger partial charge in [0.05, 0.1) is 10.4 Å². The third kappa shape index (κ3) is 5.30. The minimum absolute atomic E-state index is 0.128. The predicted octanol–water partition coefficient (Wildman–Crippen LogP) is 9.16. The van der Waals surface area contributed by atoms with Crippen molar-refractivity contribution in [3.05, 3.63) is 40.4 Å². The van der Waals surface area contributed by atoms with Crippen LogP contribution in [-0.4, -0.2) is 27.9 Å². The lowest BCUT2D eigenvalue weighted by Crippen LogP contribution is -2.45. The fourth-order valence-corrected chi connectivity index (χ4v) is 8.85. The number of allylic oxidation sites excluding steroid dienone is 1. The van der Waals surface area contributed by atoms with Gasteiger partial charge < -0.3 is 10.2 Å². The summed E-state index contributed by atoms with van der Waals surface area (Å²) in [6.07, 6.45) is 7.99. The molecule has 3 aliphatic rings. The van der Waals surface area contributed by atoms with Crippen molar-refractivity contribution in [1.29, 1.82) is 0 Å². The Labute approximate surface area is 241 Å². The first kappa shape index (κ1) is 26.7. The van der Waals surface area contributed by atoms with Gasteiger partial charge in [0.2, 0.25) is 10.2 Å². The SMILES string of the molecule is CC1CC(C)(C)N(C)c2ccc(/N=N/c3nc4sc(/C(CC5CCCCC5)=C5/NC(=O)SC5=O)cc4s3)cc21. The molecule has 2 aliphatic heterocycles. The van der Waals surface area contributed by atoms with Gasteiger partial charge in [0.15, 0.2) is 0 Å². The van der Waals surface area contributed by atoms with E-state index in [0.717, 1.165) is 50.3 Å². The molecule has 2 fully saturated rings. The molecule has 4 heterocycles. The third-order valence-corrected chi connectivity index (χ3v) is 11.2. The normalized spacial score (nSPS) is 23.1. The zero-order valence-corrected chi connectivity index (χ0v) is 25.2. The van der Waals surface area contributed by atoms with Crippen molar-refractivity contribution >= 4 is 76.4 Å². The van der Waals surface area contributed by atoms with Crippen LogP contribution in [0, 0.1) is 5.92 Å². The van der Waals surface area contributed by atoms with E-state index in [0.29, 0.717) is 22.7 Å². The summed E-state index contributed by atoms with van der Waals surface area (Å²) in [6.45, 7) is 6.85. The number of carbonyl (C=O) groups is 2. The summed E-state index contributed by atoms with van der Waals surface area (Å²) in [5.74, 6) is 0.996. The zero-order valence-electron chi connectivity index (χ0n) is 22.7. The van der Waals surface area contributed by atoms with Crippen molar-refractivity contribution in [1.82, 2.24) is 10.3 Å². The number of anilines is 1. The Morgan fingerprint density at radius 2 is 1.92 bits per heavy atom. The van der Waals surface area contributed by atoms with Gasteiger partial charge >= 0.3 is 0 Å². The molecular formula is C29H33N5O2S3. The zero-order chi connectivity index (χ0) is 27.3. The van der Waals surface area contributed by atoms with E-state index in [4.69, 9.17) is 4.98 Å². The first-order valence-corrected chi connectivity index (χ1v) is 16.1. The molecule has 7 nitrogen and oxygen atoms in total. The molecule has 1 saturated heterocycles. The molecule has 1 N–H and O–H groups in total. The van der Waals surface area contributed by atoms with E-state index < -0.39 is 0 Å². The van der Waals surface area contributed by atoms with Gasteiger partial charge in [-0.25, -0.2) is 4.98 Å². The van der Waals surface area contributed by atoms with Crippen LogP contribution in [-0.2, 0) is 4.79 Å². The smallest absolute Gasteiger partial charge is 0.291 e. The number of fused-ring (bicyclic) bond motifs is 2. The van der Waals surface area contributed by atoms with E-state index >= 15 is 0 Å². The number of amides is 1. The number of thiazole rings is 1. The highest BCUT2D eigenvalue weighted by Crippen LogP contribution is 2.45. The summed E-state index contributed by atoms with van der Waals surface area (Å²) < 4.78 is 1.03. The van der Waals surface area contributed by atoms with Gasteiger partial charge in [0, 0.05) is 34.9 Å². The molecule has 1 amide bonds. The van der Waals surface area contributed by atoms with Gasteiger partial charge in [-0.1, -0.05) is 50.4 Å². The molecular weight excluding hydrogens is 547 g/mol. The molecule has 2 aromatic heterocycles. The fourth-order valence-electron chi connectivity index (χ4n) is 6.16. The molecule has 1 atom stereocenters. The summed E-state index contributed by atoms with van der Waals surface area (Å²) >= 11 is 3.82. The number of nitrogens with zero attached hydrogens (tertiary/aromatic N) is 4. The van der Waals surface area contributed by atoms with E-state index in [2.05, 4.69) is 66.5 Å². The average Bonchev–Trinajstić information content (AvgIpc) is 3.57. The highest BCUT2D eigenvalue weighted by molar-refractivity contribution is 8.27. The maximum atomic E-state index is 12.6. The molecule has 1 aromatic carbocycles. The highest BCUT2D eigenvalue weighted by atomic mass is 32.2. The van der Waals surface area contributed by atoms with Crippen LogP contribution in [0.1, 0.15) is 82.1 Å². The van der Waals surface area contributed by atoms with Gasteiger partial charge in [0.25, 0.3) is 5.24 Å². The van der Waals surface area contributed by atoms with Gasteiger partial charge in [-0.3, -0.25) is 9.59 Å². The molecule has 1 unspecified atom stereocenters. The summed E-state index contributed by atoms with van der Waals surface area (Å²) in [4.78, 5) is 33.6. The van der Waals surface area contributed by atoms with E-state index in [1.807, 2.05) is 6.07 Å².